The molecule has 0 saturated carbocycles. The molecule has 1 fully saturated rings. The van der Waals surface area contributed by atoms with Crippen molar-refractivity contribution in [2.24, 2.45) is 0 Å². The second kappa shape index (κ2) is 11.3. The Kier molecular flexibility index (Phi) is 8.00. The Balaban J connectivity index is 1.42. The van der Waals surface area contributed by atoms with Gasteiger partial charge in [0.1, 0.15) is 6.54 Å². The van der Waals surface area contributed by atoms with Gasteiger partial charge < -0.3 is 4.90 Å². The van der Waals surface area contributed by atoms with Gasteiger partial charge in [-0.15, -0.1) is 0 Å². The van der Waals surface area contributed by atoms with Crippen LogP contribution in [0.2, 0.25) is 0 Å². The number of nitrogens with zero attached hydrogens (tertiary/aromatic N) is 3. The van der Waals surface area contributed by atoms with E-state index in [0.29, 0.717) is 18.8 Å². The molecule has 0 atom stereocenters. The zero-order valence-corrected chi connectivity index (χ0v) is 20.8. The van der Waals surface area contributed by atoms with E-state index in [1.807, 2.05) is 37.3 Å². The van der Waals surface area contributed by atoms with Crippen LogP contribution in [-0.2, 0) is 14.8 Å². The molecule has 35 heavy (non-hydrogen) atoms. The molecule has 1 aliphatic heterocycles. The molecule has 0 spiro atoms. The summed E-state index contributed by atoms with van der Waals surface area (Å²) in [6, 6.07) is 25.7. The van der Waals surface area contributed by atoms with Gasteiger partial charge in [0.25, 0.3) is 10.0 Å². The fourth-order valence-electron chi connectivity index (χ4n) is 4.12. The van der Waals surface area contributed by atoms with Crippen molar-refractivity contribution >= 4 is 27.7 Å². The number of amides is 1. The van der Waals surface area contributed by atoms with Gasteiger partial charge in [0, 0.05) is 32.7 Å². The van der Waals surface area contributed by atoms with E-state index in [1.165, 1.54) is 4.31 Å². The first-order valence-corrected chi connectivity index (χ1v) is 13.2. The number of sulfonamides is 1. The van der Waals surface area contributed by atoms with E-state index in [4.69, 9.17) is 0 Å². The van der Waals surface area contributed by atoms with Crippen LogP contribution in [0.25, 0.3) is 6.08 Å². The normalized spacial score (nSPS) is 14.8. The topological polar surface area (TPSA) is 60.9 Å². The maximum atomic E-state index is 13.5. The monoisotopic (exact) mass is 489 g/mol. The summed E-state index contributed by atoms with van der Waals surface area (Å²) in [7, 11) is -3.89. The summed E-state index contributed by atoms with van der Waals surface area (Å²) in [5, 5.41) is 0. The van der Waals surface area contributed by atoms with Gasteiger partial charge in [0.05, 0.1) is 10.6 Å². The van der Waals surface area contributed by atoms with Crippen LogP contribution in [0, 0.1) is 6.92 Å². The van der Waals surface area contributed by atoms with Crippen molar-refractivity contribution in [2.45, 2.75) is 11.8 Å². The number of carbonyl (C=O) groups is 1. The van der Waals surface area contributed by atoms with E-state index < -0.39 is 10.0 Å². The van der Waals surface area contributed by atoms with E-state index in [9.17, 15) is 13.2 Å². The van der Waals surface area contributed by atoms with E-state index in [2.05, 4.69) is 29.2 Å². The third kappa shape index (κ3) is 6.38. The van der Waals surface area contributed by atoms with Gasteiger partial charge >= 0.3 is 0 Å². The fourth-order valence-corrected chi connectivity index (χ4v) is 5.55. The molecule has 3 aromatic rings. The number of anilines is 1. The number of carbonyl (C=O) groups excluding carboxylic acids is 1. The van der Waals surface area contributed by atoms with Crippen molar-refractivity contribution in [3.8, 4) is 0 Å². The molecule has 0 aromatic heterocycles. The van der Waals surface area contributed by atoms with Gasteiger partial charge in [-0.3, -0.25) is 14.0 Å². The first kappa shape index (κ1) is 24.7. The van der Waals surface area contributed by atoms with Gasteiger partial charge in [-0.2, -0.15) is 0 Å². The van der Waals surface area contributed by atoms with E-state index in [1.54, 1.807) is 47.4 Å². The van der Waals surface area contributed by atoms with Crippen LogP contribution in [0.3, 0.4) is 0 Å². The Morgan fingerprint density at radius 2 is 1.54 bits per heavy atom. The number of piperazine rings is 1. The lowest BCUT2D eigenvalue weighted by atomic mass is 10.2. The Labute approximate surface area is 208 Å². The molecule has 182 valence electrons. The average molecular weight is 490 g/mol. The van der Waals surface area contributed by atoms with Gasteiger partial charge in [0.15, 0.2) is 0 Å². The van der Waals surface area contributed by atoms with Gasteiger partial charge in [0.2, 0.25) is 5.91 Å². The number of hydrogen-bond acceptors (Lipinski definition) is 4. The molecule has 0 radical (unpaired) electrons. The lowest BCUT2D eigenvalue weighted by molar-refractivity contribution is -0.131. The van der Waals surface area contributed by atoms with Gasteiger partial charge in [-0.25, -0.2) is 8.42 Å². The van der Waals surface area contributed by atoms with Crippen molar-refractivity contribution in [1.82, 2.24) is 9.80 Å². The van der Waals surface area contributed by atoms with Crippen LogP contribution >= 0.6 is 0 Å². The number of rotatable bonds is 8. The minimum absolute atomic E-state index is 0.171. The summed E-state index contributed by atoms with van der Waals surface area (Å²) < 4.78 is 28.2. The summed E-state index contributed by atoms with van der Waals surface area (Å²) in [4.78, 5) is 17.5. The lowest BCUT2D eigenvalue weighted by Gasteiger charge is -2.35. The van der Waals surface area contributed by atoms with E-state index >= 15 is 0 Å². The summed E-state index contributed by atoms with van der Waals surface area (Å²) in [5.74, 6) is -0.189. The average Bonchev–Trinajstić information content (AvgIpc) is 2.88. The Hall–Kier alpha value is -3.42. The van der Waals surface area contributed by atoms with Crippen molar-refractivity contribution in [2.75, 3.05) is 43.6 Å². The number of hydrogen-bond donors (Lipinski definition) is 0. The highest BCUT2D eigenvalue weighted by Crippen LogP contribution is 2.24. The highest BCUT2D eigenvalue weighted by molar-refractivity contribution is 7.92. The fraction of sp³-hybridized carbons (Fsp3) is 0.250. The van der Waals surface area contributed by atoms with Crippen LogP contribution in [0.4, 0.5) is 5.69 Å². The Bertz CT molecular complexity index is 1250. The predicted molar refractivity (Wildman–Crippen MR) is 141 cm³/mol. The van der Waals surface area contributed by atoms with Gasteiger partial charge in [-0.05, 0) is 42.3 Å². The van der Waals surface area contributed by atoms with Gasteiger partial charge in [-0.1, -0.05) is 72.8 Å². The second-order valence-corrected chi connectivity index (χ2v) is 10.5. The largest absolute Gasteiger partial charge is 0.339 e. The molecule has 1 heterocycles. The third-order valence-corrected chi connectivity index (χ3v) is 7.89. The van der Waals surface area contributed by atoms with E-state index in [0.717, 1.165) is 30.8 Å². The molecule has 1 saturated heterocycles. The lowest BCUT2D eigenvalue weighted by Crippen LogP contribution is -2.51. The van der Waals surface area contributed by atoms with Crippen LogP contribution < -0.4 is 4.31 Å². The predicted octanol–water partition coefficient (Wildman–Crippen LogP) is 4.05. The molecule has 6 nitrogen and oxygen atoms in total. The number of aryl methyl sites for hydroxylation is 1. The smallest absolute Gasteiger partial charge is 0.264 e. The van der Waals surface area contributed by atoms with Crippen LogP contribution in [0.15, 0.2) is 95.9 Å². The number of benzene rings is 3. The zero-order chi connectivity index (χ0) is 24.7. The van der Waals surface area contributed by atoms with Crippen LogP contribution in [0.1, 0.15) is 11.1 Å². The van der Waals surface area contributed by atoms with Crippen molar-refractivity contribution < 1.29 is 13.2 Å². The Morgan fingerprint density at radius 1 is 0.886 bits per heavy atom. The molecule has 0 N–H and O–H groups in total. The molecule has 1 aliphatic rings. The maximum absolute atomic E-state index is 13.5. The standard InChI is InChI=1S/C28H31N3O3S/c1-24-10-8-14-26(22-24)31(35(33,34)27-15-6-3-7-16-27)23-28(32)30-20-18-29(19-21-30)17-9-13-25-11-4-2-5-12-25/h2-16,22H,17-21,23H2,1H3/b13-9+. The molecule has 4 rings (SSSR count). The van der Waals surface area contributed by atoms with Crippen LogP contribution in [0.5, 0.6) is 0 Å². The first-order valence-electron chi connectivity index (χ1n) is 11.8. The molecular formula is C28H31N3O3S. The molecule has 1 amide bonds. The van der Waals surface area contributed by atoms with Crippen molar-refractivity contribution in [3.63, 3.8) is 0 Å². The highest BCUT2D eigenvalue weighted by Gasteiger charge is 2.30. The second-order valence-electron chi connectivity index (χ2n) is 8.66. The third-order valence-electron chi connectivity index (χ3n) is 6.10. The zero-order valence-electron chi connectivity index (χ0n) is 20.0. The van der Waals surface area contributed by atoms with Crippen LogP contribution in [-0.4, -0.2) is 63.4 Å². The first-order chi connectivity index (χ1) is 16.9. The van der Waals surface area contributed by atoms with E-state index in [-0.39, 0.29) is 17.3 Å². The highest BCUT2D eigenvalue weighted by atomic mass is 32.2. The SMILES string of the molecule is Cc1cccc(N(CC(=O)N2CCN(C/C=C/c3ccccc3)CC2)S(=O)(=O)c2ccccc2)c1. The summed E-state index contributed by atoms with van der Waals surface area (Å²) >= 11 is 0. The summed E-state index contributed by atoms with van der Waals surface area (Å²) in [5.41, 5.74) is 2.59. The van der Waals surface area contributed by atoms with Crippen molar-refractivity contribution in [1.29, 1.82) is 0 Å². The molecule has 0 unspecified atom stereocenters. The minimum Gasteiger partial charge on any atom is -0.339 e. The molecule has 3 aromatic carbocycles. The summed E-state index contributed by atoms with van der Waals surface area (Å²) in [6.45, 7) is 5.14. The quantitative estimate of drug-likeness (QED) is 0.479. The molecule has 0 aliphatic carbocycles. The Morgan fingerprint density at radius 3 is 2.20 bits per heavy atom. The molecular weight excluding hydrogens is 458 g/mol. The molecule has 0 bridgehead atoms. The molecule has 7 heteroatoms. The minimum atomic E-state index is -3.89. The van der Waals surface area contributed by atoms with Crippen molar-refractivity contribution in [3.05, 3.63) is 102 Å². The summed E-state index contributed by atoms with van der Waals surface area (Å²) in [6.07, 6.45) is 4.24. The maximum Gasteiger partial charge on any atom is 0.264 e.